The molecule has 1 aliphatic heterocycles. The molecule has 108 valence electrons. The highest BCUT2D eigenvalue weighted by Gasteiger charge is 2.20. The highest BCUT2D eigenvalue weighted by molar-refractivity contribution is 9.10. The normalized spacial score (nSPS) is 21.6. The van der Waals surface area contributed by atoms with E-state index in [1.807, 2.05) is 12.1 Å². The van der Waals surface area contributed by atoms with Crippen LogP contribution in [0.1, 0.15) is 25.1 Å². The van der Waals surface area contributed by atoms with E-state index in [0.717, 1.165) is 33.7 Å². The van der Waals surface area contributed by atoms with Gasteiger partial charge in [0.15, 0.2) is 0 Å². The Morgan fingerprint density at radius 3 is 3.05 bits per heavy atom. The highest BCUT2D eigenvalue weighted by atomic mass is 79.9. The summed E-state index contributed by atoms with van der Waals surface area (Å²) in [5.41, 5.74) is 0.956. The third-order valence-electron chi connectivity index (χ3n) is 4.13. The number of rotatable bonds is 4. The van der Waals surface area contributed by atoms with E-state index < -0.39 is 0 Å². The molecule has 20 heavy (non-hydrogen) atoms. The third-order valence-corrected chi connectivity index (χ3v) is 4.62. The number of fused-ring (bicyclic) bond motifs is 1. The molecule has 0 amide bonds. The number of hydrogen-bond donors (Lipinski definition) is 1. The maximum absolute atomic E-state index is 5.93. The molecule has 0 bridgehead atoms. The van der Waals surface area contributed by atoms with E-state index in [1.54, 1.807) is 0 Å². The van der Waals surface area contributed by atoms with E-state index in [1.165, 1.54) is 19.5 Å². The van der Waals surface area contributed by atoms with Crippen molar-refractivity contribution in [2.45, 2.75) is 19.4 Å². The molecule has 0 radical (unpaired) electrons. The van der Waals surface area contributed by atoms with Crippen molar-refractivity contribution in [2.75, 3.05) is 26.7 Å². The Morgan fingerprint density at radius 2 is 2.30 bits per heavy atom. The molecule has 4 heteroatoms. The smallest absolute Gasteiger partial charge is 0.134 e. The molecule has 2 unspecified atom stereocenters. The predicted octanol–water partition coefficient (Wildman–Crippen LogP) is 3.80. The number of furan rings is 1. The first kappa shape index (κ1) is 14.1. The van der Waals surface area contributed by atoms with Crippen LogP contribution in [0.25, 0.3) is 11.0 Å². The Labute approximate surface area is 128 Å². The van der Waals surface area contributed by atoms with Crippen LogP contribution in [0, 0.1) is 5.92 Å². The summed E-state index contributed by atoms with van der Waals surface area (Å²) in [5.74, 6) is 1.78. The maximum atomic E-state index is 5.93. The zero-order valence-electron chi connectivity index (χ0n) is 12.0. The first-order valence-electron chi connectivity index (χ1n) is 7.23. The predicted molar refractivity (Wildman–Crippen MR) is 85.9 cm³/mol. The van der Waals surface area contributed by atoms with E-state index in [-0.39, 0.29) is 6.04 Å². The van der Waals surface area contributed by atoms with Crippen LogP contribution in [-0.4, -0.2) is 31.6 Å². The molecule has 0 spiro atoms. The lowest BCUT2D eigenvalue weighted by atomic mass is 10.1. The lowest BCUT2D eigenvalue weighted by Crippen LogP contribution is -2.27. The van der Waals surface area contributed by atoms with Crippen molar-refractivity contribution in [3.8, 4) is 0 Å². The maximum Gasteiger partial charge on any atom is 0.134 e. The largest absolute Gasteiger partial charge is 0.459 e. The summed E-state index contributed by atoms with van der Waals surface area (Å²) in [6.45, 7) is 5.66. The monoisotopic (exact) mass is 336 g/mol. The van der Waals surface area contributed by atoms with Crippen LogP contribution in [0.4, 0.5) is 0 Å². The Kier molecular flexibility index (Phi) is 4.15. The zero-order valence-corrected chi connectivity index (χ0v) is 13.6. The molecular weight excluding hydrogens is 316 g/mol. The fraction of sp³-hybridized carbons (Fsp3) is 0.500. The van der Waals surface area contributed by atoms with Crippen molar-refractivity contribution in [1.29, 1.82) is 0 Å². The number of halogens is 1. The molecule has 2 heterocycles. The topological polar surface area (TPSA) is 28.4 Å². The van der Waals surface area contributed by atoms with Gasteiger partial charge in [0.05, 0.1) is 6.04 Å². The van der Waals surface area contributed by atoms with Gasteiger partial charge in [-0.3, -0.25) is 0 Å². The highest BCUT2D eigenvalue weighted by Crippen LogP contribution is 2.26. The van der Waals surface area contributed by atoms with Gasteiger partial charge in [-0.2, -0.15) is 0 Å². The summed E-state index contributed by atoms with van der Waals surface area (Å²) in [6.07, 6.45) is 1.29. The number of nitrogens with one attached hydrogen (secondary N) is 1. The molecule has 1 aromatic heterocycles. The second kappa shape index (κ2) is 5.88. The van der Waals surface area contributed by atoms with Gasteiger partial charge in [-0.15, -0.1) is 0 Å². The molecule has 0 saturated carbocycles. The summed E-state index contributed by atoms with van der Waals surface area (Å²) in [7, 11) is 2.19. The van der Waals surface area contributed by atoms with E-state index in [9.17, 15) is 0 Å². The number of hydrogen-bond acceptors (Lipinski definition) is 3. The van der Waals surface area contributed by atoms with E-state index in [4.69, 9.17) is 4.42 Å². The first-order valence-corrected chi connectivity index (χ1v) is 8.02. The van der Waals surface area contributed by atoms with Crippen molar-refractivity contribution in [3.05, 3.63) is 34.5 Å². The van der Waals surface area contributed by atoms with Gasteiger partial charge < -0.3 is 14.6 Å². The van der Waals surface area contributed by atoms with Gasteiger partial charge in [-0.25, -0.2) is 0 Å². The summed E-state index contributed by atoms with van der Waals surface area (Å²) >= 11 is 3.50. The minimum Gasteiger partial charge on any atom is -0.459 e. The van der Waals surface area contributed by atoms with Crippen LogP contribution < -0.4 is 5.32 Å². The Bertz CT molecular complexity index is 595. The van der Waals surface area contributed by atoms with Crippen LogP contribution >= 0.6 is 15.9 Å². The number of benzene rings is 1. The van der Waals surface area contributed by atoms with E-state index >= 15 is 0 Å². The second-order valence-electron chi connectivity index (χ2n) is 5.88. The summed E-state index contributed by atoms with van der Waals surface area (Å²) < 4.78 is 7.02. The standard InChI is InChI=1S/C16H21BrN2O/c1-11(18-9-12-5-6-19(2)10-12)16-8-13-7-14(17)3-4-15(13)20-16/h3-4,7-8,11-12,18H,5-6,9-10H2,1-2H3. The minimum atomic E-state index is 0.257. The first-order chi connectivity index (χ1) is 9.61. The zero-order chi connectivity index (χ0) is 14.1. The molecule has 1 fully saturated rings. The van der Waals surface area contributed by atoms with Gasteiger partial charge in [0.1, 0.15) is 11.3 Å². The van der Waals surface area contributed by atoms with Gasteiger partial charge in [0.2, 0.25) is 0 Å². The third kappa shape index (κ3) is 3.08. The molecule has 1 N–H and O–H groups in total. The molecule has 3 rings (SSSR count). The fourth-order valence-electron chi connectivity index (χ4n) is 2.89. The van der Waals surface area contributed by atoms with Crippen LogP contribution in [0.5, 0.6) is 0 Å². The number of nitrogens with zero attached hydrogens (tertiary/aromatic N) is 1. The number of likely N-dealkylation sites (tertiary alicyclic amines) is 1. The Balaban J connectivity index is 1.64. The van der Waals surface area contributed by atoms with Gasteiger partial charge in [0.25, 0.3) is 0 Å². The summed E-state index contributed by atoms with van der Waals surface area (Å²) in [6, 6.07) is 8.52. The Morgan fingerprint density at radius 1 is 1.45 bits per heavy atom. The van der Waals surface area contributed by atoms with Crippen LogP contribution in [0.2, 0.25) is 0 Å². The van der Waals surface area contributed by atoms with Crippen LogP contribution in [0.3, 0.4) is 0 Å². The lowest BCUT2D eigenvalue weighted by Gasteiger charge is -2.15. The Hall–Kier alpha value is -0.840. The minimum absolute atomic E-state index is 0.257. The molecule has 1 aliphatic rings. The van der Waals surface area contributed by atoms with Gasteiger partial charge in [-0.1, -0.05) is 15.9 Å². The van der Waals surface area contributed by atoms with Gasteiger partial charge >= 0.3 is 0 Å². The van der Waals surface area contributed by atoms with Crippen LogP contribution in [-0.2, 0) is 0 Å². The van der Waals surface area contributed by atoms with Crippen molar-refractivity contribution in [1.82, 2.24) is 10.2 Å². The summed E-state index contributed by atoms with van der Waals surface area (Å²) in [4.78, 5) is 2.40. The average Bonchev–Trinajstić information content (AvgIpc) is 3.01. The molecule has 2 aromatic rings. The SMILES string of the molecule is CC(NCC1CCN(C)C1)c1cc2cc(Br)ccc2o1. The molecular formula is C16H21BrN2O. The van der Waals surface area contributed by atoms with E-state index in [2.05, 4.69) is 52.3 Å². The average molecular weight is 337 g/mol. The van der Waals surface area contributed by atoms with Crippen molar-refractivity contribution >= 4 is 26.9 Å². The quantitative estimate of drug-likeness (QED) is 0.920. The molecule has 1 aromatic carbocycles. The van der Waals surface area contributed by atoms with Crippen molar-refractivity contribution in [3.63, 3.8) is 0 Å². The van der Waals surface area contributed by atoms with Crippen LogP contribution in [0.15, 0.2) is 33.2 Å². The van der Waals surface area contributed by atoms with Gasteiger partial charge in [-0.05, 0) is 63.7 Å². The van der Waals surface area contributed by atoms with Crippen molar-refractivity contribution in [2.24, 2.45) is 5.92 Å². The molecule has 2 atom stereocenters. The van der Waals surface area contributed by atoms with Crippen molar-refractivity contribution < 1.29 is 4.42 Å². The lowest BCUT2D eigenvalue weighted by molar-refractivity contribution is 0.372. The molecule has 0 aliphatic carbocycles. The second-order valence-corrected chi connectivity index (χ2v) is 6.79. The summed E-state index contributed by atoms with van der Waals surface area (Å²) in [5, 5.41) is 4.76. The van der Waals surface area contributed by atoms with E-state index in [0.29, 0.717) is 0 Å². The fourth-order valence-corrected chi connectivity index (χ4v) is 3.26. The molecule has 1 saturated heterocycles. The molecule has 3 nitrogen and oxygen atoms in total. The van der Waals surface area contributed by atoms with Gasteiger partial charge in [0, 0.05) is 16.4 Å².